The maximum atomic E-state index is 11.1. The third-order valence-electron chi connectivity index (χ3n) is 4.00. The Kier molecular flexibility index (Phi) is 3.87. The third kappa shape index (κ3) is 2.77. The van der Waals surface area contributed by atoms with Gasteiger partial charge >= 0.3 is 5.97 Å². The van der Waals surface area contributed by atoms with Gasteiger partial charge in [-0.05, 0) is 30.5 Å². The average Bonchev–Trinajstić information content (AvgIpc) is 2.80. The number of hydrogen-bond donors (Lipinski definition) is 1. The Morgan fingerprint density at radius 3 is 2.84 bits per heavy atom. The largest absolute Gasteiger partial charge is 0.481 e. The van der Waals surface area contributed by atoms with E-state index in [2.05, 4.69) is 17.9 Å². The Labute approximate surface area is 113 Å². The van der Waals surface area contributed by atoms with Crippen LogP contribution in [0, 0.1) is 23.2 Å². The standard InChI is InChI=1S/C15H18N2O2/c1-10-8-17(9-14(10)15(18)19)11(2)13-5-3-4-12(6-13)7-16/h3-6,10-11,14H,8-9H2,1-2H3,(H,18,19)/t10-,11?,14-/m1/s1. The first kappa shape index (κ1) is 13.6. The molecule has 1 aliphatic rings. The van der Waals surface area contributed by atoms with Crippen LogP contribution in [0.3, 0.4) is 0 Å². The molecule has 1 aromatic carbocycles. The molecule has 0 saturated carbocycles. The maximum absolute atomic E-state index is 11.1. The first-order chi connectivity index (χ1) is 9.02. The van der Waals surface area contributed by atoms with Crippen molar-refractivity contribution in [2.75, 3.05) is 13.1 Å². The molecule has 1 saturated heterocycles. The van der Waals surface area contributed by atoms with Gasteiger partial charge in [0, 0.05) is 19.1 Å². The second-order valence-electron chi connectivity index (χ2n) is 5.29. The number of benzene rings is 1. The Bertz CT molecular complexity index is 521. The number of nitriles is 1. The molecule has 1 fully saturated rings. The van der Waals surface area contributed by atoms with E-state index in [9.17, 15) is 4.79 Å². The summed E-state index contributed by atoms with van der Waals surface area (Å²) in [5, 5.41) is 18.1. The van der Waals surface area contributed by atoms with Gasteiger partial charge in [0.05, 0.1) is 17.6 Å². The molecule has 2 rings (SSSR count). The first-order valence-electron chi connectivity index (χ1n) is 6.50. The third-order valence-corrected chi connectivity index (χ3v) is 4.00. The van der Waals surface area contributed by atoms with Gasteiger partial charge < -0.3 is 5.11 Å². The smallest absolute Gasteiger partial charge is 0.308 e. The molecule has 1 heterocycles. The molecule has 4 heteroatoms. The van der Waals surface area contributed by atoms with Gasteiger partial charge in [0.2, 0.25) is 0 Å². The Hall–Kier alpha value is -1.86. The van der Waals surface area contributed by atoms with Crippen LogP contribution in [0.4, 0.5) is 0 Å². The Balaban J connectivity index is 2.15. The zero-order valence-electron chi connectivity index (χ0n) is 11.2. The predicted octanol–water partition coefficient (Wildman–Crippen LogP) is 2.27. The lowest BCUT2D eigenvalue weighted by atomic mass is 9.99. The number of carboxylic acids is 1. The number of rotatable bonds is 3. The number of likely N-dealkylation sites (tertiary alicyclic amines) is 1. The van der Waals surface area contributed by atoms with E-state index in [4.69, 9.17) is 10.4 Å². The molecule has 4 nitrogen and oxygen atoms in total. The van der Waals surface area contributed by atoms with Crippen molar-refractivity contribution in [3.05, 3.63) is 35.4 Å². The maximum Gasteiger partial charge on any atom is 0.308 e. The van der Waals surface area contributed by atoms with Crippen LogP contribution in [0.1, 0.15) is 31.0 Å². The van der Waals surface area contributed by atoms with Gasteiger partial charge in [0.25, 0.3) is 0 Å². The van der Waals surface area contributed by atoms with Gasteiger partial charge in [-0.1, -0.05) is 19.1 Å². The second-order valence-corrected chi connectivity index (χ2v) is 5.29. The van der Waals surface area contributed by atoms with E-state index in [1.165, 1.54) is 0 Å². The molecule has 100 valence electrons. The van der Waals surface area contributed by atoms with Crippen molar-refractivity contribution in [1.29, 1.82) is 5.26 Å². The summed E-state index contributed by atoms with van der Waals surface area (Å²) in [5.41, 5.74) is 1.71. The van der Waals surface area contributed by atoms with Crippen LogP contribution in [0.15, 0.2) is 24.3 Å². The minimum atomic E-state index is -0.715. The molecule has 1 N–H and O–H groups in total. The summed E-state index contributed by atoms with van der Waals surface area (Å²) in [7, 11) is 0. The summed E-state index contributed by atoms with van der Waals surface area (Å²) < 4.78 is 0. The second kappa shape index (κ2) is 5.41. The molecular weight excluding hydrogens is 240 g/mol. The fraction of sp³-hybridized carbons (Fsp3) is 0.467. The lowest BCUT2D eigenvalue weighted by Gasteiger charge is -2.24. The predicted molar refractivity (Wildman–Crippen MR) is 71.4 cm³/mol. The molecule has 0 bridgehead atoms. The number of carbonyl (C=O) groups is 1. The van der Waals surface area contributed by atoms with E-state index in [0.29, 0.717) is 12.1 Å². The van der Waals surface area contributed by atoms with Crippen molar-refractivity contribution in [3.63, 3.8) is 0 Å². The zero-order chi connectivity index (χ0) is 14.0. The Morgan fingerprint density at radius 1 is 1.53 bits per heavy atom. The van der Waals surface area contributed by atoms with Crippen LogP contribution in [0.25, 0.3) is 0 Å². The summed E-state index contributed by atoms with van der Waals surface area (Å²) in [6.07, 6.45) is 0. The van der Waals surface area contributed by atoms with E-state index in [1.807, 2.05) is 25.1 Å². The van der Waals surface area contributed by atoms with Crippen LogP contribution in [-0.4, -0.2) is 29.1 Å². The molecule has 0 aromatic heterocycles. The molecule has 0 spiro atoms. The normalized spacial score (nSPS) is 24.9. The van der Waals surface area contributed by atoms with Crippen molar-refractivity contribution < 1.29 is 9.90 Å². The average molecular weight is 258 g/mol. The van der Waals surface area contributed by atoms with Gasteiger partial charge in [-0.3, -0.25) is 9.69 Å². The zero-order valence-corrected chi connectivity index (χ0v) is 11.2. The lowest BCUT2D eigenvalue weighted by molar-refractivity contribution is -0.142. The first-order valence-corrected chi connectivity index (χ1v) is 6.50. The highest BCUT2D eigenvalue weighted by Gasteiger charge is 2.36. The molecule has 1 aliphatic heterocycles. The summed E-state index contributed by atoms with van der Waals surface area (Å²) in [6, 6.07) is 9.80. The highest BCUT2D eigenvalue weighted by Crippen LogP contribution is 2.31. The van der Waals surface area contributed by atoms with E-state index in [1.54, 1.807) is 6.07 Å². The van der Waals surface area contributed by atoms with Crippen LogP contribution < -0.4 is 0 Å². The monoisotopic (exact) mass is 258 g/mol. The van der Waals surface area contributed by atoms with E-state index < -0.39 is 5.97 Å². The van der Waals surface area contributed by atoms with E-state index in [0.717, 1.165) is 12.1 Å². The van der Waals surface area contributed by atoms with Gasteiger partial charge in [0.15, 0.2) is 0 Å². The van der Waals surface area contributed by atoms with Gasteiger partial charge in [-0.2, -0.15) is 5.26 Å². The van der Waals surface area contributed by atoms with Crippen molar-refractivity contribution in [2.24, 2.45) is 11.8 Å². The number of aliphatic carboxylic acids is 1. The van der Waals surface area contributed by atoms with Crippen molar-refractivity contribution in [3.8, 4) is 6.07 Å². The summed E-state index contributed by atoms with van der Waals surface area (Å²) in [5.74, 6) is -0.839. The number of carboxylic acid groups (broad SMARTS) is 1. The van der Waals surface area contributed by atoms with Crippen LogP contribution in [-0.2, 0) is 4.79 Å². The lowest BCUT2D eigenvalue weighted by Crippen LogP contribution is -2.26. The van der Waals surface area contributed by atoms with Gasteiger partial charge in [0.1, 0.15) is 0 Å². The molecule has 19 heavy (non-hydrogen) atoms. The summed E-state index contributed by atoms with van der Waals surface area (Å²) in [4.78, 5) is 13.3. The van der Waals surface area contributed by atoms with Crippen LogP contribution >= 0.6 is 0 Å². The highest BCUT2D eigenvalue weighted by atomic mass is 16.4. The molecule has 0 aliphatic carbocycles. The number of hydrogen-bond acceptors (Lipinski definition) is 3. The topological polar surface area (TPSA) is 64.3 Å². The minimum absolute atomic E-state index is 0.139. The molecule has 0 amide bonds. The SMILES string of the molecule is CC(c1cccc(C#N)c1)N1C[C@@H](C)[C@H](C(=O)O)C1. The van der Waals surface area contributed by atoms with Gasteiger partial charge in [-0.15, -0.1) is 0 Å². The number of nitrogens with zero attached hydrogens (tertiary/aromatic N) is 2. The van der Waals surface area contributed by atoms with Crippen molar-refractivity contribution in [2.45, 2.75) is 19.9 Å². The Morgan fingerprint density at radius 2 is 2.26 bits per heavy atom. The van der Waals surface area contributed by atoms with E-state index in [-0.39, 0.29) is 17.9 Å². The molecular formula is C15H18N2O2. The van der Waals surface area contributed by atoms with Crippen molar-refractivity contribution in [1.82, 2.24) is 4.90 Å². The molecule has 0 radical (unpaired) electrons. The molecule has 1 unspecified atom stereocenters. The van der Waals surface area contributed by atoms with Crippen molar-refractivity contribution >= 4 is 5.97 Å². The summed E-state index contributed by atoms with van der Waals surface area (Å²) in [6.45, 7) is 5.41. The van der Waals surface area contributed by atoms with Crippen LogP contribution in [0.5, 0.6) is 0 Å². The molecule has 3 atom stereocenters. The van der Waals surface area contributed by atoms with Gasteiger partial charge in [-0.25, -0.2) is 0 Å². The summed E-state index contributed by atoms with van der Waals surface area (Å²) >= 11 is 0. The highest BCUT2D eigenvalue weighted by molar-refractivity contribution is 5.71. The minimum Gasteiger partial charge on any atom is -0.481 e. The van der Waals surface area contributed by atoms with Crippen LogP contribution in [0.2, 0.25) is 0 Å². The molecule has 1 aromatic rings. The quantitative estimate of drug-likeness (QED) is 0.903. The fourth-order valence-electron chi connectivity index (χ4n) is 2.72. The van der Waals surface area contributed by atoms with E-state index >= 15 is 0 Å². The fourth-order valence-corrected chi connectivity index (χ4v) is 2.72.